The lowest BCUT2D eigenvalue weighted by Crippen LogP contribution is -2.03. The molecule has 0 amide bonds. The van der Waals surface area contributed by atoms with Crippen molar-refractivity contribution in [3.8, 4) is 11.1 Å². The maximum atomic E-state index is 2.27. The molecule has 0 atom stereocenters. The summed E-state index contributed by atoms with van der Waals surface area (Å²) in [6.45, 7) is 0. The van der Waals surface area contributed by atoms with Crippen LogP contribution in [0.3, 0.4) is 0 Å². The van der Waals surface area contributed by atoms with E-state index in [1.54, 1.807) is 5.56 Å². The van der Waals surface area contributed by atoms with E-state index < -0.39 is 0 Å². The van der Waals surface area contributed by atoms with E-state index in [4.69, 9.17) is 0 Å². The lowest BCUT2D eigenvalue weighted by atomic mass is 9.84. The van der Waals surface area contributed by atoms with Gasteiger partial charge in [0, 0.05) is 0 Å². The lowest BCUT2D eigenvalue weighted by molar-refractivity contribution is 0.443. The first-order valence-corrected chi connectivity index (χ1v) is 9.63. The number of fused-ring (bicyclic) bond motifs is 3. The van der Waals surface area contributed by atoms with Crippen molar-refractivity contribution in [3.05, 3.63) is 95.6 Å². The SMILES string of the molecule is c1ccc(C2CCCCC2)cc1.c1ccc2c(c1)Cc1ccccc1-2. The fourth-order valence-electron chi connectivity index (χ4n) is 4.24. The highest BCUT2D eigenvalue weighted by molar-refractivity contribution is 5.76. The molecular formula is C25H26. The van der Waals surface area contributed by atoms with Gasteiger partial charge in [0.2, 0.25) is 0 Å². The number of rotatable bonds is 1. The molecule has 0 N–H and O–H groups in total. The first-order chi connectivity index (χ1) is 12.4. The molecule has 1 fully saturated rings. The Balaban J connectivity index is 0.000000126. The van der Waals surface area contributed by atoms with Crippen LogP contribution in [0, 0.1) is 0 Å². The molecule has 2 aliphatic carbocycles. The monoisotopic (exact) mass is 326 g/mol. The number of benzene rings is 3. The highest BCUT2D eigenvalue weighted by Crippen LogP contribution is 2.35. The van der Waals surface area contributed by atoms with Gasteiger partial charge in [-0.25, -0.2) is 0 Å². The minimum absolute atomic E-state index is 0.861. The Kier molecular flexibility index (Phi) is 4.97. The zero-order chi connectivity index (χ0) is 16.9. The van der Waals surface area contributed by atoms with Gasteiger partial charge in [-0.15, -0.1) is 0 Å². The number of hydrogen-bond acceptors (Lipinski definition) is 0. The summed E-state index contributed by atoms with van der Waals surface area (Å²) in [6.07, 6.45) is 8.23. The standard InChI is InChI=1S/C13H10.C12H16/c1-3-7-12-10(5-1)9-11-6-2-4-8-13(11)12;1-3-7-11(8-4-1)12-9-5-2-6-10-12/h1-8H,9H2;1,3-4,7-8,12H,2,5-6,9-10H2. The van der Waals surface area contributed by atoms with E-state index >= 15 is 0 Å². The van der Waals surface area contributed by atoms with Gasteiger partial charge in [0.1, 0.15) is 0 Å². The highest BCUT2D eigenvalue weighted by Gasteiger charge is 2.16. The average molecular weight is 326 g/mol. The normalized spacial score (nSPS) is 15.7. The summed E-state index contributed by atoms with van der Waals surface area (Å²) in [5.74, 6) is 0.861. The van der Waals surface area contributed by atoms with E-state index in [2.05, 4.69) is 78.9 Å². The van der Waals surface area contributed by atoms with Gasteiger partial charge in [0.15, 0.2) is 0 Å². The van der Waals surface area contributed by atoms with Crippen molar-refractivity contribution in [2.75, 3.05) is 0 Å². The van der Waals surface area contributed by atoms with Crippen molar-refractivity contribution >= 4 is 0 Å². The largest absolute Gasteiger partial charge is 0.0622 e. The first kappa shape index (κ1) is 16.1. The van der Waals surface area contributed by atoms with Gasteiger partial charge in [0.25, 0.3) is 0 Å². The minimum Gasteiger partial charge on any atom is -0.0622 e. The maximum Gasteiger partial charge on any atom is -0.00135 e. The fourth-order valence-corrected chi connectivity index (χ4v) is 4.24. The predicted molar refractivity (Wildman–Crippen MR) is 107 cm³/mol. The molecule has 0 radical (unpaired) electrons. The highest BCUT2D eigenvalue weighted by atomic mass is 14.2. The van der Waals surface area contributed by atoms with Crippen LogP contribution in [-0.2, 0) is 6.42 Å². The van der Waals surface area contributed by atoms with Crippen LogP contribution in [0.1, 0.15) is 54.7 Å². The van der Waals surface area contributed by atoms with Crippen LogP contribution in [0.2, 0.25) is 0 Å². The van der Waals surface area contributed by atoms with Crippen molar-refractivity contribution in [2.24, 2.45) is 0 Å². The molecule has 0 aliphatic heterocycles. The third-order valence-electron chi connectivity index (χ3n) is 5.58. The van der Waals surface area contributed by atoms with E-state index in [-0.39, 0.29) is 0 Å². The summed E-state index contributed by atoms with van der Waals surface area (Å²) < 4.78 is 0. The second-order valence-corrected chi connectivity index (χ2v) is 7.24. The van der Waals surface area contributed by atoms with Crippen LogP contribution < -0.4 is 0 Å². The van der Waals surface area contributed by atoms with Crippen LogP contribution in [0.25, 0.3) is 11.1 Å². The smallest absolute Gasteiger partial charge is 0.00135 e. The van der Waals surface area contributed by atoms with Crippen LogP contribution in [0.4, 0.5) is 0 Å². The minimum atomic E-state index is 0.861. The van der Waals surface area contributed by atoms with Gasteiger partial charge in [-0.3, -0.25) is 0 Å². The Hall–Kier alpha value is -2.34. The molecule has 2 aliphatic rings. The first-order valence-electron chi connectivity index (χ1n) is 9.63. The molecule has 0 saturated heterocycles. The topological polar surface area (TPSA) is 0 Å². The van der Waals surface area contributed by atoms with Crippen LogP contribution in [0.15, 0.2) is 78.9 Å². The Bertz CT molecular complexity index is 767. The average Bonchev–Trinajstić information content (AvgIpc) is 3.09. The van der Waals surface area contributed by atoms with Crippen molar-refractivity contribution < 1.29 is 0 Å². The molecular weight excluding hydrogens is 300 g/mol. The molecule has 3 aromatic rings. The van der Waals surface area contributed by atoms with Gasteiger partial charge < -0.3 is 0 Å². The molecule has 25 heavy (non-hydrogen) atoms. The van der Waals surface area contributed by atoms with Crippen molar-refractivity contribution in [1.29, 1.82) is 0 Å². The Morgan fingerprint density at radius 2 is 1.04 bits per heavy atom. The molecule has 0 aromatic heterocycles. The Morgan fingerprint density at radius 3 is 1.64 bits per heavy atom. The third-order valence-corrected chi connectivity index (χ3v) is 5.58. The Labute approximate surface area is 151 Å². The third kappa shape index (κ3) is 3.69. The van der Waals surface area contributed by atoms with E-state index in [0.29, 0.717) is 0 Å². The molecule has 0 nitrogen and oxygen atoms in total. The second-order valence-electron chi connectivity index (χ2n) is 7.24. The van der Waals surface area contributed by atoms with E-state index in [9.17, 15) is 0 Å². The zero-order valence-electron chi connectivity index (χ0n) is 14.8. The van der Waals surface area contributed by atoms with Crippen molar-refractivity contribution in [2.45, 2.75) is 44.4 Å². The maximum absolute atomic E-state index is 2.27. The van der Waals surface area contributed by atoms with Gasteiger partial charge in [0.05, 0.1) is 0 Å². The molecule has 0 unspecified atom stereocenters. The van der Waals surface area contributed by atoms with Crippen molar-refractivity contribution in [3.63, 3.8) is 0 Å². The fraction of sp³-hybridized carbons (Fsp3) is 0.280. The molecule has 3 aromatic carbocycles. The van der Waals surface area contributed by atoms with Gasteiger partial charge in [-0.2, -0.15) is 0 Å². The van der Waals surface area contributed by atoms with Crippen LogP contribution in [0.5, 0.6) is 0 Å². The summed E-state index contributed by atoms with van der Waals surface area (Å²) in [5, 5.41) is 0. The van der Waals surface area contributed by atoms with Crippen molar-refractivity contribution in [1.82, 2.24) is 0 Å². The molecule has 0 heterocycles. The van der Waals surface area contributed by atoms with E-state index in [0.717, 1.165) is 12.3 Å². The van der Waals surface area contributed by atoms with Crippen LogP contribution in [-0.4, -0.2) is 0 Å². The molecule has 126 valence electrons. The molecule has 0 heteroatoms. The summed E-state index contributed by atoms with van der Waals surface area (Å²) in [7, 11) is 0. The predicted octanol–water partition coefficient (Wildman–Crippen LogP) is 6.99. The van der Waals surface area contributed by atoms with Gasteiger partial charge in [-0.05, 0) is 53.0 Å². The molecule has 1 saturated carbocycles. The van der Waals surface area contributed by atoms with E-state index in [1.165, 1.54) is 54.4 Å². The van der Waals surface area contributed by atoms with Crippen LogP contribution >= 0.6 is 0 Å². The second kappa shape index (κ2) is 7.70. The summed E-state index contributed by atoms with van der Waals surface area (Å²) in [5.41, 5.74) is 7.31. The summed E-state index contributed by atoms with van der Waals surface area (Å²) in [4.78, 5) is 0. The molecule has 5 rings (SSSR count). The zero-order valence-corrected chi connectivity index (χ0v) is 14.8. The Morgan fingerprint density at radius 1 is 0.520 bits per heavy atom. The van der Waals surface area contributed by atoms with E-state index in [1.807, 2.05) is 0 Å². The summed E-state index contributed by atoms with van der Waals surface area (Å²) >= 11 is 0. The summed E-state index contributed by atoms with van der Waals surface area (Å²) in [6, 6.07) is 28.3. The number of hydrogen-bond donors (Lipinski definition) is 0. The van der Waals surface area contributed by atoms with Gasteiger partial charge >= 0.3 is 0 Å². The molecule has 0 spiro atoms. The lowest BCUT2D eigenvalue weighted by Gasteiger charge is -2.21. The molecule has 0 bridgehead atoms. The van der Waals surface area contributed by atoms with Gasteiger partial charge in [-0.1, -0.05) is 98.1 Å². The quantitative estimate of drug-likeness (QED) is 0.353.